The third-order valence-electron chi connectivity index (χ3n) is 3.20. The maximum absolute atomic E-state index is 11.0. The largest absolute Gasteiger partial charge is 0.491 e. The molecule has 0 aliphatic carbocycles. The first-order chi connectivity index (χ1) is 9.25. The Morgan fingerprint density at radius 1 is 1.40 bits per heavy atom. The van der Waals surface area contributed by atoms with E-state index in [0.717, 1.165) is 11.3 Å². The van der Waals surface area contributed by atoms with Crippen LogP contribution in [0, 0.1) is 6.92 Å². The van der Waals surface area contributed by atoms with Crippen LogP contribution in [-0.4, -0.2) is 30.3 Å². The van der Waals surface area contributed by atoms with Crippen molar-refractivity contribution in [2.24, 2.45) is 0 Å². The molecule has 1 aromatic carbocycles. The fourth-order valence-corrected chi connectivity index (χ4v) is 1.91. The number of likely N-dealkylation sites (N-methyl/N-ethyl adjacent to an activating group) is 1. The molecule has 2 N–H and O–H groups in total. The number of aryl methyl sites for hydroxylation is 1. The lowest BCUT2D eigenvalue weighted by molar-refractivity contribution is -0.140. The van der Waals surface area contributed by atoms with Crippen molar-refractivity contribution in [3.8, 4) is 5.75 Å². The van der Waals surface area contributed by atoms with Gasteiger partial charge in [0.25, 0.3) is 0 Å². The molecule has 1 aromatic rings. The van der Waals surface area contributed by atoms with Crippen molar-refractivity contribution in [1.82, 2.24) is 5.32 Å². The summed E-state index contributed by atoms with van der Waals surface area (Å²) in [6, 6.07) is 5.37. The van der Waals surface area contributed by atoms with Crippen molar-refractivity contribution in [3.63, 3.8) is 0 Å². The number of carboxylic acid groups (broad SMARTS) is 1. The fraction of sp³-hybridized carbons (Fsp3) is 0.562. The van der Waals surface area contributed by atoms with Gasteiger partial charge in [-0.25, -0.2) is 0 Å². The molecule has 20 heavy (non-hydrogen) atoms. The third-order valence-corrected chi connectivity index (χ3v) is 3.20. The molecule has 0 fully saturated rings. The van der Waals surface area contributed by atoms with Gasteiger partial charge in [-0.3, -0.25) is 4.79 Å². The van der Waals surface area contributed by atoms with E-state index in [9.17, 15) is 4.79 Å². The molecule has 0 bridgehead atoms. The quantitative estimate of drug-likeness (QED) is 0.840. The molecule has 112 valence electrons. The Kier molecular flexibility index (Phi) is 5.57. The van der Waals surface area contributed by atoms with Crippen molar-refractivity contribution < 1.29 is 14.6 Å². The number of hydrogen-bond acceptors (Lipinski definition) is 3. The van der Waals surface area contributed by atoms with Gasteiger partial charge in [-0.15, -0.1) is 0 Å². The number of aliphatic carboxylic acids is 1. The average Bonchev–Trinajstić information content (AvgIpc) is 2.34. The standard InChI is InChI=1S/C16H25NO3/c1-6-17-13(15(18)19)10-20-14-8-7-12(9-11(14)2)16(3,4)5/h7-9,13,17H,6,10H2,1-5H3,(H,18,19). The van der Waals surface area contributed by atoms with Crippen LogP contribution in [0.15, 0.2) is 18.2 Å². The molecule has 1 unspecified atom stereocenters. The van der Waals surface area contributed by atoms with Crippen molar-refractivity contribution in [1.29, 1.82) is 0 Å². The van der Waals surface area contributed by atoms with Gasteiger partial charge in [0, 0.05) is 0 Å². The molecule has 0 heterocycles. The SMILES string of the molecule is CCNC(COc1ccc(C(C)(C)C)cc1C)C(=O)O. The lowest BCUT2D eigenvalue weighted by Crippen LogP contribution is -2.41. The van der Waals surface area contributed by atoms with Crippen LogP contribution in [0.4, 0.5) is 0 Å². The summed E-state index contributed by atoms with van der Waals surface area (Å²) in [4.78, 5) is 11.0. The number of rotatable bonds is 6. The molecule has 4 heteroatoms. The zero-order chi connectivity index (χ0) is 15.3. The lowest BCUT2D eigenvalue weighted by Gasteiger charge is -2.21. The van der Waals surface area contributed by atoms with Gasteiger partial charge in [-0.2, -0.15) is 0 Å². The van der Waals surface area contributed by atoms with E-state index >= 15 is 0 Å². The zero-order valence-electron chi connectivity index (χ0n) is 13.0. The number of carboxylic acids is 1. The van der Waals surface area contributed by atoms with Gasteiger partial charge in [0.15, 0.2) is 0 Å². The average molecular weight is 279 g/mol. The summed E-state index contributed by atoms with van der Waals surface area (Å²) in [7, 11) is 0. The van der Waals surface area contributed by atoms with E-state index in [2.05, 4.69) is 32.2 Å². The second-order valence-corrected chi connectivity index (χ2v) is 5.99. The Balaban J connectivity index is 2.76. The van der Waals surface area contributed by atoms with E-state index < -0.39 is 12.0 Å². The molecule has 0 saturated heterocycles. The molecule has 0 spiro atoms. The fourth-order valence-electron chi connectivity index (χ4n) is 1.91. The number of carbonyl (C=O) groups is 1. The minimum atomic E-state index is -0.893. The predicted octanol–water partition coefficient (Wildman–Crippen LogP) is 2.73. The highest BCUT2D eigenvalue weighted by molar-refractivity contribution is 5.73. The molecule has 4 nitrogen and oxygen atoms in total. The molecule has 0 radical (unpaired) electrons. The Labute approximate surface area is 121 Å². The normalized spacial score (nSPS) is 13.1. The molecule has 0 aliphatic rings. The predicted molar refractivity (Wildman–Crippen MR) is 80.5 cm³/mol. The lowest BCUT2D eigenvalue weighted by atomic mass is 9.86. The number of benzene rings is 1. The van der Waals surface area contributed by atoms with E-state index in [0.29, 0.717) is 6.54 Å². The third kappa shape index (κ3) is 4.53. The van der Waals surface area contributed by atoms with Gasteiger partial charge in [-0.1, -0.05) is 39.8 Å². The second-order valence-electron chi connectivity index (χ2n) is 5.99. The molecule has 0 aromatic heterocycles. The Morgan fingerprint density at radius 3 is 2.50 bits per heavy atom. The van der Waals surface area contributed by atoms with Gasteiger partial charge in [0.05, 0.1) is 0 Å². The van der Waals surface area contributed by atoms with E-state index in [1.54, 1.807) is 0 Å². The van der Waals surface area contributed by atoms with Crippen LogP contribution in [0.2, 0.25) is 0 Å². The Morgan fingerprint density at radius 2 is 2.05 bits per heavy atom. The van der Waals surface area contributed by atoms with Gasteiger partial charge in [0.2, 0.25) is 0 Å². The van der Waals surface area contributed by atoms with E-state index in [-0.39, 0.29) is 12.0 Å². The van der Waals surface area contributed by atoms with Crippen molar-refractivity contribution in [2.75, 3.05) is 13.2 Å². The minimum Gasteiger partial charge on any atom is -0.491 e. The first-order valence-electron chi connectivity index (χ1n) is 6.95. The number of nitrogens with one attached hydrogen (secondary N) is 1. The second kappa shape index (κ2) is 6.75. The van der Waals surface area contributed by atoms with Gasteiger partial charge >= 0.3 is 5.97 Å². The minimum absolute atomic E-state index is 0.0939. The monoisotopic (exact) mass is 279 g/mol. The molecule has 1 atom stereocenters. The van der Waals surface area contributed by atoms with Crippen LogP contribution in [-0.2, 0) is 10.2 Å². The first-order valence-corrected chi connectivity index (χ1v) is 6.95. The first kappa shape index (κ1) is 16.5. The smallest absolute Gasteiger partial charge is 0.324 e. The van der Waals surface area contributed by atoms with Gasteiger partial charge in [-0.05, 0) is 36.1 Å². The molecule has 1 rings (SSSR count). The number of hydrogen-bond donors (Lipinski definition) is 2. The van der Waals surface area contributed by atoms with Crippen LogP contribution in [0.1, 0.15) is 38.8 Å². The van der Waals surface area contributed by atoms with Crippen LogP contribution in [0.3, 0.4) is 0 Å². The summed E-state index contributed by atoms with van der Waals surface area (Å²) in [5, 5.41) is 11.9. The summed E-state index contributed by atoms with van der Waals surface area (Å²) >= 11 is 0. The van der Waals surface area contributed by atoms with Crippen molar-refractivity contribution in [2.45, 2.75) is 46.1 Å². The zero-order valence-corrected chi connectivity index (χ0v) is 13.0. The van der Waals surface area contributed by atoms with Crippen molar-refractivity contribution >= 4 is 5.97 Å². The highest BCUT2D eigenvalue weighted by Gasteiger charge is 2.18. The molecule has 0 amide bonds. The van der Waals surface area contributed by atoms with E-state index in [1.807, 2.05) is 26.0 Å². The van der Waals surface area contributed by atoms with Crippen LogP contribution >= 0.6 is 0 Å². The highest BCUT2D eigenvalue weighted by atomic mass is 16.5. The van der Waals surface area contributed by atoms with Crippen LogP contribution in [0.25, 0.3) is 0 Å². The summed E-state index contributed by atoms with van der Waals surface area (Å²) in [6.07, 6.45) is 0. The summed E-state index contributed by atoms with van der Waals surface area (Å²) < 4.78 is 5.64. The molecule has 0 aliphatic heterocycles. The van der Waals surface area contributed by atoms with E-state index in [1.165, 1.54) is 5.56 Å². The maximum Gasteiger partial charge on any atom is 0.324 e. The summed E-state index contributed by atoms with van der Waals surface area (Å²) in [6.45, 7) is 11.1. The van der Waals surface area contributed by atoms with Gasteiger partial charge < -0.3 is 15.2 Å². The summed E-state index contributed by atoms with van der Waals surface area (Å²) in [5.74, 6) is -0.155. The molecular weight excluding hydrogens is 254 g/mol. The van der Waals surface area contributed by atoms with Crippen molar-refractivity contribution in [3.05, 3.63) is 29.3 Å². The summed E-state index contributed by atoms with van der Waals surface area (Å²) in [5.41, 5.74) is 2.36. The van der Waals surface area contributed by atoms with Gasteiger partial charge in [0.1, 0.15) is 18.4 Å². The van der Waals surface area contributed by atoms with Crippen LogP contribution in [0.5, 0.6) is 5.75 Å². The van der Waals surface area contributed by atoms with Crippen LogP contribution < -0.4 is 10.1 Å². The highest BCUT2D eigenvalue weighted by Crippen LogP contribution is 2.27. The topological polar surface area (TPSA) is 58.6 Å². The van der Waals surface area contributed by atoms with E-state index in [4.69, 9.17) is 9.84 Å². The number of ether oxygens (including phenoxy) is 1. The molecule has 0 saturated carbocycles. The Bertz CT molecular complexity index is 463. The molecular formula is C16H25NO3. The Hall–Kier alpha value is -1.55. The maximum atomic E-state index is 11.0.